The summed E-state index contributed by atoms with van der Waals surface area (Å²) in [6, 6.07) is 8.07. The van der Waals surface area contributed by atoms with Crippen LogP contribution < -0.4 is 0 Å². The third kappa shape index (κ3) is 3.36. The van der Waals surface area contributed by atoms with E-state index in [1.165, 1.54) is 36.4 Å². The Hall–Kier alpha value is -1.74. The number of hydrogen-bond donors (Lipinski definition) is 2. The SMILES string of the molecule is Cc1ccc(S(=O)(=O)O)cc1-c1cc(S(=O)(=O)O)ccc1C. The Morgan fingerprint density at radius 1 is 0.682 bits per heavy atom. The van der Waals surface area contributed by atoms with Crippen molar-refractivity contribution in [2.75, 3.05) is 0 Å². The van der Waals surface area contributed by atoms with Gasteiger partial charge in [-0.25, -0.2) is 0 Å². The number of aryl methyl sites for hydroxylation is 2. The highest BCUT2D eigenvalue weighted by molar-refractivity contribution is 7.86. The fraction of sp³-hybridized carbons (Fsp3) is 0.143. The van der Waals surface area contributed by atoms with Crippen LogP contribution in [-0.4, -0.2) is 25.9 Å². The minimum Gasteiger partial charge on any atom is -0.282 e. The normalized spacial score (nSPS) is 12.4. The van der Waals surface area contributed by atoms with Crippen LogP contribution in [0.2, 0.25) is 0 Å². The van der Waals surface area contributed by atoms with Crippen molar-refractivity contribution in [1.29, 1.82) is 0 Å². The van der Waals surface area contributed by atoms with E-state index in [2.05, 4.69) is 0 Å². The molecule has 0 aliphatic rings. The van der Waals surface area contributed by atoms with E-state index in [0.29, 0.717) is 22.3 Å². The van der Waals surface area contributed by atoms with Crippen LogP contribution in [0.4, 0.5) is 0 Å². The molecule has 118 valence electrons. The first kappa shape index (κ1) is 16.6. The lowest BCUT2D eigenvalue weighted by Crippen LogP contribution is -2.01. The van der Waals surface area contributed by atoms with Crippen molar-refractivity contribution in [3.05, 3.63) is 47.5 Å². The molecule has 0 amide bonds. The van der Waals surface area contributed by atoms with Gasteiger partial charge in [-0.15, -0.1) is 0 Å². The Morgan fingerprint density at radius 3 is 1.27 bits per heavy atom. The van der Waals surface area contributed by atoms with Crippen LogP contribution >= 0.6 is 0 Å². The number of hydrogen-bond acceptors (Lipinski definition) is 4. The summed E-state index contributed by atoms with van der Waals surface area (Å²) in [6.45, 7) is 3.45. The Kier molecular flexibility index (Phi) is 4.14. The van der Waals surface area contributed by atoms with Crippen molar-refractivity contribution in [2.24, 2.45) is 0 Å². The molecule has 0 atom stereocenters. The molecular weight excluding hydrogens is 328 g/mol. The van der Waals surface area contributed by atoms with Gasteiger partial charge in [0.15, 0.2) is 0 Å². The molecule has 0 heterocycles. The van der Waals surface area contributed by atoms with Crippen molar-refractivity contribution >= 4 is 20.2 Å². The molecule has 0 saturated heterocycles. The maximum absolute atomic E-state index is 11.3. The van der Waals surface area contributed by atoms with Gasteiger partial charge in [0.2, 0.25) is 0 Å². The van der Waals surface area contributed by atoms with E-state index in [-0.39, 0.29) is 9.79 Å². The molecule has 0 fully saturated rings. The zero-order chi connectivity index (χ0) is 16.7. The van der Waals surface area contributed by atoms with Gasteiger partial charge >= 0.3 is 0 Å². The van der Waals surface area contributed by atoms with Crippen molar-refractivity contribution in [3.63, 3.8) is 0 Å². The maximum Gasteiger partial charge on any atom is 0.294 e. The van der Waals surface area contributed by atoms with Crippen molar-refractivity contribution in [3.8, 4) is 11.1 Å². The second-order valence-corrected chi connectivity index (χ2v) is 7.75. The second-order valence-electron chi connectivity index (χ2n) is 4.90. The largest absolute Gasteiger partial charge is 0.294 e. The van der Waals surface area contributed by atoms with E-state index in [4.69, 9.17) is 9.11 Å². The van der Waals surface area contributed by atoms with Crippen LogP contribution in [0.15, 0.2) is 46.2 Å². The number of benzene rings is 2. The van der Waals surface area contributed by atoms with Crippen LogP contribution in [0.3, 0.4) is 0 Å². The summed E-state index contributed by atoms with van der Waals surface area (Å²) in [5, 5.41) is 0. The smallest absolute Gasteiger partial charge is 0.282 e. The zero-order valence-corrected chi connectivity index (χ0v) is 13.4. The minimum absolute atomic E-state index is 0.287. The molecule has 0 bridgehead atoms. The summed E-state index contributed by atoms with van der Waals surface area (Å²) in [5.41, 5.74) is 2.31. The third-order valence-corrected chi connectivity index (χ3v) is 5.00. The van der Waals surface area contributed by atoms with Crippen LogP contribution in [0.1, 0.15) is 11.1 Å². The van der Waals surface area contributed by atoms with Gasteiger partial charge in [-0.05, 0) is 60.4 Å². The van der Waals surface area contributed by atoms with Crippen LogP contribution in [0.5, 0.6) is 0 Å². The average molecular weight is 342 g/mol. The Labute approximate surface area is 128 Å². The van der Waals surface area contributed by atoms with Gasteiger partial charge in [0, 0.05) is 0 Å². The van der Waals surface area contributed by atoms with Crippen molar-refractivity contribution in [1.82, 2.24) is 0 Å². The zero-order valence-electron chi connectivity index (χ0n) is 11.8. The predicted molar refractivity (Wildman–Crippen MR) is 81.0 cm³/mol. The summed E-state index contributed by atoms with van der Waals surface area (Å²) in [4.78, 5) is -0.575. The molecule has 2 aromatic carbocycles. The summed E-state index contributed by atoms with van der Waals surface area (Å²) < 4.78 is 63.3. The fourth-order valence-corrected chi connectivity index (χ4v) is 3.12. The molecule has 2 N–H and O–H groups in total. The van der Waals surface area contributed by atoms with E-state index in [9.17, 15) is 16.8 Å². The second kappa shape index (κ2) is 5.47. The van der Waals surface area contributed by atoms with Crippen LogP contribution in [0, 0.1) is 13.8 Å². The highest BCUT2D eigenvalue weighted by atomic mass is 32.2. The summed E-state index contributed by atoms with van der Waals surface area (Å²) in [6.07, 6.45) is 0. The van der Waals surface area contributed by atoms with Crippen LogP contribution in [-0.2, 0) is 20.2 Å². The Balaban J connectivity index is 2.76. The van der Waals surface area contributed by atoms with Gasteiger partial charge in [-0.3, -0.25) is 9.11 Å². The molecule has 0 aliphatic heterocycles. The maximum atomic E-state index is 11.3. The first-order chi connectivity index (χ1) is 10.00. The molecule has 0 aromatic heterocycles. The van der Waals surface area contributed by atoms with E-state index in [1.54, 1.807) is 13.8 Å². The molecule has 2 aromatic rings. The molecule has 22 heavy (non-hydrogen) atoms. The van der Waals surface area contributed by atoms with Gasteiger partial charge < -0.3 is 0 Å². The predicted octanol–water partition coefficient (Wildman–Crippen LogP) is 2.46. The van der Waals surface area contributed by atoms with Gasteiger partial charge in [0.05, 0.1) is 9.79 Å². The first-order valence-electron chi connectivity index (χ1n) is 6.17. The monoisotopic (exact) mass is 342 g/mol. The Morgan fingerprint density at radius 2 is 1.00 bits per heavy atom. The first-order valence-corrected chi connectivity index (χ1v) is 9.05. The lowest BCUT2D eigenvalue weighted by molar-refractivity contribution is 0.481. The summed E-state index contributed by atoms with van der Waals surface area (Å²) >= 11 is 0. The van der Waals surface area contributed by atoms with E-state index in [1.807, 2.05) is 0 Å². The molecule has 2 rings (SSSR count). The molecule has 0 aliphatic carbocycles. The van der Waals surface area contributed by atoms with E-state index < -0.39 is 20.2 Å². The summed E-state index contributed by atoms with van der Waals surface area (Å²) in [7, 11) is -8.74. The highest BCUT2D eigenvalue weighted by Gasteiger charge is 2.16. The molecular formula is C14H14O6S2. The molecule has 6 nitrogen and oxygen atoms in total. The third-order valence-electron chi connectivity index (χ3n) is 3.30. The molecule has 0 unspecified atom stereocenters. The molecule has 0 radical (unpaired) electrons. The van der Waals surface area contributed by atoms with Gasteiger partial charge in [-0.1, -0.05) is 12.1 Å². The molecule has 0 spiro atoms. The molecule has 0 saturated carbocycles. The van der Waals surface area contributed by atoms with Gasteiger partial charge in [0.1, 0.15) is 0 Å². The van der Waals surface area contributed by atoms with Gasteiger partial charge in [-0.2, -0.15) is 16.8 Å². The minimum atomic E-state index is -4.37. The lowest BCUT2D eigenvalue weighted by Gasteiger charge is -2.12. The standard InChI is InChI=1S/C14H14O6S2/c1-9-3-5-11(21(15,16)17)7-13(9)14-8-12(22(18,19)20)6-4-10(14)2/h3-8H,1-2H3,(H,15,16,17)(H,18,19,20). The fourth-order valence-electron chi connectivity index (χ4n) is 2.10. The quantitative estimate of drug-likeness (QED) is 0.829. The average Bonchev–Trinajstić information content (AvgIpc) is 2.37. The summed E-state index contributed by atoms with van der Waals surface area (Å²) in [5.74, 6) is 0. The van der Waals surface area contributed by atoms with Crippen molar-refractivity contribution < 1.29 is 25.9 Å². The lowest BCUT2D eigenvalue weighted by atomic mass is 9.97. The van der Waals surface area contributed by atoms with Gasteiger partial charge in [0.25, 0.3) is 20.2 Å². The van der Waals surface area contributed by atoms with E-state index in [0.717, 1.165) is 0 Å². The number of rotatable bonds is 3. The van der Waals surface area contributed by atoms with E-state index >= 15 is 0 Å². The molecule has 8 heteroatoms. The highest BCUT2D eigenvalue weighted by Crippen LogP contribution is 2.30. The topological polar surface area (TPSA) is 109 Å². The van der Waals surface area contributed by atoms with Crippen LogP contribution in [0.25, 0.3) is 11.1 Å². The van der Waals surface area contributed by atoms with Crippen molar-refractivity contribution in [2.45, 2.75) is 23.6 Å². The Bertz CT molecular complexity index is 864.